The summed E-state index contributed by atoms with van der Waals surface area (Å²) in [6.45, 7) is 1.43. The van der Waals surface area contributed by atoms with Gasteiger partial charge in [-0.1, -0.05) is 0 Å². The number of pyridine rings is 1. The van der Waals surface area contributed by atoms with E-state index in [9.17, 15) is 13.2 Å². The van der Waals surface area contributed by atoms with E-state index < -0.39 is 12.1 Å². The van der Waals surface area contributed by atoms with Crippen molar-refractivity contribution in [2.45, 2.75) is 19.8 Å². The number of aryl methyl sites for hydroxylation is 1. The van der Waals surface area contributed by atoms with E-state index >= 15 is 0 Å². The van der Waals surface area contributed by atoms with Crippen LogP contribution < -0.4 is 16.2 Å². The van der Waals surface area contributed by atoms with Crippen LogP contribution in [0.3, 0.4) is 0 Å². The zero-order valence-electron chi connectivity index (χ0n) is 7.93. The molecule has 7 heteroatoms. The van der Waals surface area contributed by atoms with Crippen molar-refractivity contribution in [3.8, 4) is 5.75 Å². The van der Waals surface area contributed by atoms with Crippen molar-refractivity contribution in [2.75, 3.05) is 5.73 Å². The first kappa shape index (κ1) is 11.6. The van der Waals surface area contributed by atoms with Crippen molar-refractivity contribution in [1.29, 1.82) is 0 Å². The molecule has 4 nitrogen and oxygen atoms in total. The van der Waals surface area contributed by atoms with Crippen LogP contribution in [0.4, 0.5) is 18.9 Å². The van der Waals surface area contributed by atoms with E-state index in [-0.39, 0.29) is 17.9 Å². The van der Waals surface area contributed by atoms with Gasteiger partial charge in [0.05, 0.1) is 11.4 Å². The van der Waals surface area contributed by atoms with Crippen LogP contribution >= 0.6 is 0 Å². The highest BCUT2D eigenvalue weighted by molar-refractivity contribution is 5.55. The molecular formula is C8H10F3N3O. The Bertz CT molecular complexity index is 365. The second-order valence-corrected chi connectivity index (χ2v) is 2.88. The standard InChI is InChI=1S/C8H10F3N3O/c1-4-2-5(13)7(6(3-12)14-4)15-8(9,10)11/h2H,3,12H2,1H3,(H2,13,14). The Morgan fingerprint density at radius 2 is 2.07 bits per heavy atom. The summed E-state index contributed by atoms with van der Waals surface area (Å²) in [4.78, 5) is 3.81. The lowest BCUT2D eigenvalue weighted by Crippen LogP contribution is -2.20. The fourth-order valence-electron chi connectivity index (χ4n) is 1.13. The van der Waals surface area contributed by atoms with Gasteiger partial charge in [0.1, 0.15) is 0 Å². The molecule has 1 heterocycles. The van der Waals surface area contributed by atoms with E-state index in [2.05, 4.69) is 9.72 Å². The summed E-state index contributed by atoms with van der Waals surface area (Å²) in [5.74, 6) is -0.518. The van der Waals surface area contributed by atoms with Gasteiger partial charge in [0.25, 0.3) is 0 Å². The van der Waals surface area contributed by atoms with E-state index in [0.717, 1.165) is 0 Å². The van der Waals surface area contributed by atoms with Crippen molar-refractivity contribution >= 4 is 5.69 Å². The van der Waals surface area contributed by atoms with Crippen LogP contribution in [0.1, 0.15) is 11.4 Å². The predicted octanol–water partition coefficient (Wildman–Crippen LogP) is 1.33. The van der Waals surface area contributed by atoms with Crippen molar-refractivity contribution in [1.82, 2.24) is 4.98 Å². The second kappa shape index (κ2) is 3.93. The monoisotopic (exact) mass is 221 g/mol. The molecule has 0 saturated heterocycles. The zero-order chi connectivity index (χ0) is 11.6. The molecule has 0 aliphatic carbocycles. The van der Waals surface area contributed by atoms with Crippen LogP contribution in [0.15, 0.2) is 6.07 Å². The summed E-state index contributed by atoms with van der Waals surface area (Å²) in [5.41, 5.74) is 11.0. The quantitative estimate of drug-likeness (QED) is 0.790. The zero-order valence-corrected chi connectivity index (χ0v) is 7.93. The van der Waals surface area contributed by atoms with Crippen LogP contribution in [0, 0.1) is 6.92 Å². The van der Waals surface area contributed by atoms with Crippen molar-refractivity contribution in [3.05, 3.63) is 17.5 Å². The molecule has 0 atom stereocenters. The van der Waals surface area contributed by atoms with Crippen LogP contribution in [-0.2, 0) is 6.54 Å². The van der Waals surface area contributed by atoms with Crippen LogP contribution in [0.2, 0.25) is 0 Å². The van der Waals surface area contributed by atoms with Gasteiger partial charge >= 0.3 is 6.36 Å². The van der Waals surface area contributed by atoms with Gasteiger partial charge in [-0.05, 0) is 13.0 Å². The number of nitrogens with zero attached hydrogens (tertiary/aromatic N) is 1. The van der Waals surface area contributed by atoms with Gasteiger partial charge in [0, 0.05) is 12.2 Å². The molecule has 0 bridgehead atoms. The minimum absolute atomic E-state index is 0.00942. The molecule has 1 aromatic heterocycles. The van der Waals surface area contributed by atoms with Crippen LogP contribution in [-0.4, -0.2) is 11.3 Å². The average molecular weight is 221 g/mol. The molecule has 1 aromatic rings. The van der Waals surface area contributed by atoms with E-state index in [0.29, 0.717) is 5.69 Å². The fourth-order valence-corrected chi connectivity index (χ4v) is 1.13. The van der Waals surface area contributed by atoms with Crippen molar-refractivity contribution < 1.29 is 17.9 Å². The van der Waals surface area contributed by atoms with Crippen molar-refractivity contribution in [3.63, 3.8) is 0 Å². The maximum Gasteiger partial charge on any atom is 0.573 e. The summed E-state index contributed by atoms with van der Waals surface area (Å²) in [6, 6.07) is 1.29. The average Bonchev–Trinajstić information content (AvgIpc) is 2.07. The Labute approximate surface area is 84.0 Å². The third-order valence-electron chi connectivity index (χ3n) is 1.61. The molecule has 0 radical (unpaired) electrons. The molecule has 0 spiro atoms. The topological polar surface area (TPSA) is 74.2 Å². The van der Waals surface area contributed by atoms with Crippen LogP contribution in [0.25, 0.3) is 0 Å². The highest BCUT2D eigenvalue weighted by Crippen LogP contribution is 2.31. The number of nitrogen functional groups attached to an aromatic ring is 1. The number of anilines is 1. The lowest BCUT2D eigenvalue weighted by atomic mass is 10.2. The van der Waals surface area contributed by atoms with Gasteiger partial charge in [-0.3, -0.25) is 4.98 Å². The lowest BCUT2D eigenvalue weighted by molar-refractivity contribution is -0.274. The van der Waals surface area contributed by atoms with Gasteiger partial charge in [-0.2, -0.15) is 0 Å². The van der Waals surface area contributed by atoms with Gasteiger partial charge in [-0.25, -0.2) is 0 Å². The van der Waals surface area contributed by atoms with Crippen LogP contribution in [0.5, 0.6) is 5.75 Å². The number of alkyl halides is 3. The first-order chi connectivity index (χ1) is 6.83. The highest BCUT2D eigenvalue weighted by atomic mass is 19.4. The highest BCUT2D eigenvalue weighted by Gasteiger charge is 2.33. The smallest absolute Gasteiger partial charge is 0.402 e. The van der Waals surface area contributed by atoms with E-state index in [1.54, 1.807) is 6.92 Å². The molecular weight excluding hydrogens is 211 g/mol. The van der Waals surface area contributed by atoms with Gasteiger partial charge in [0.2, 0.25) is 0 Å². The molecule has 4 N–H and O–H groups in total. The molecule has 1 rings (SSSR count). The molecule has 0 unspecified atom stereocenters. The number of aromatic nitrogens is 1. The Kier molecular flexibility index (Phi) is 3.04. The Balaban J connectivity index is 3.15. The minimum Gasteiger partial charge on any atom is -0.402 e. The molecule has 0 fully saturated rings. The normalized spacial score (nSPS) is 11.5. The van der Waals surface area contributed by atoms with E-state index in [1.165, 1.54) is 6.07 Å². The Morgan fingerprint density at radius 3 is 2.53 bits per heavy atom. The fraction of sp³-hybridized carbons (Fsp3) is 0.375. The molecule has 84 valence electrons. The number of hydrogen-bond acceptors (Lipinski definition) is 4. The summed E-state index contributed by atoms with van der Waals surface area (Å²) in [6.07, 6.45) is -4.80. The SMILES string of the molecule is Cc1cc(N)c(OC(F)(F)F)c(CN)n1. The molecule has 0 saturated carbocycles. The maximum atomic E-state index is 12.0. The van der Waals surface area contributed by atoms with Gasteiger partial charge in [0.15, 0.2) is 5.75 Å². The number of halogens is 3. The van der Waals surface area contributed by atoms with E-state index in [1.807, 2.05) is 0 Å². The summed E-state index contributed by atoms with van der Waals surface area (Å²) in [5, 5.41) is 0. The summed E-state index contributed by atoms with van der Waals surface area (Å²) < 4.78 is 39.7. The molecule has 0 aromatic carbocycles. The molecule has 0 amide bonds. The molecule has 0 aliphatic heterocycles. The summed E-state index contributed by atoms with van der Waals surface area (Å²) in [7, 11) is 0. The van der Waals surface area contributed by atoms with Gasteiger partial charge < -0.3 is 16.2 Å². The molecule has 15 heavy (non-hydrogen) atoms. The Hall–Kier alpha value is -1.50. The number of ether oxygens (including phenoxy) is 1. The summed E-state index contributed by atoms with van der Waals surface area (Å²) >= 11 is 0. The minimum atomic E-state index is -4.80. The largest absolute Gasteiger partial charge is 0.573 e. The predicted molar refractivity (Wildman–Crippen MR) is 48.0 cm³/mol. The molecule has 0 aliphatic rings. The third kappa shape index (κ3) is 2.98. The lowest BCUT2D eigenvalue weighted by Gasteiger charge is -2.14. The first-order valence-electron chi connectivity index (χ1n) is 4.05. The third-order valence-corrected chi connectivity index (χ3v) is 1.61. The first-order valence-corrected chi connectivity index (χ1v) is 4.05. The second-order valence-electron chi connectivity index (χ2n) is 2.88. The van der Waals surface area contributed by atoms with Crippen molar-refractivity contribution in [2.24, 2.45) is 5.73 Å². The number of hydrogen-bond donors (Lipinski definition) is 2. The maximum absolute atomic E-state index is 12.0. The van der Waals surface area contributed by atoms with E-state index in [4.69, 9.17) is 11.5 Å². The Morgan fingerprint density at radius 1 is 1.47 bits per heavy atom. The number of nitrogens with two attached hydrogens (primary N) is 2. The van der Waals surface area contributed by atoms with Gasteiger partial charge in [-0.15, -0.1) is 13.2 Å². The number of rotatable bonds is 2.